The molecular weight excluding hydrogens is 98.1 g/mol. The van der Waals surface area contributed by atoms with Gasteiger partial charge in [-0.3, -0.25) is 0 Å². The van der Waals surface area contributed by atoms with Crippen molar-refractivity contribution in [2.75, 3.05) is 0 Å². The molecule has 0 aliphatic rings. The number of hydrogen-bond donors (Lipinski definition) is 0. The van der Waals surface area contributed by atoms with Crippen LogP contribution in [0.15, 0.2) is 11.6 Å². The SMILES string of the molecule is C/C(=C\C#N)C(C)C. The van der Waals surface area contributed by atoms with Crippen LogP contribution >= 0.6 is 0 Å². The second-order valence-electron chi connectivity index (χ2n) is 2.17. The van der Waals surface area contributed by atoms with Crippen molar-refractivity contribution in [2.45, 2.75) is 20.8 Å². The van der Waals surface area contributed by atoms with Crippen molar-refractivity contribution < 1.29 is 0 Å². The summed E-state index contributed by atoms with van der Waals surface area (Å²) < 4.78 is 0. The van der Waals surface area contributed by atoms with Gasteiger partial charge in [-0.1, -0.05) is 19.4 Å². The monoisotopic (exact) mass is 109 g/mol. The van der Waals surface area contributed by atoms with Crippen LogP contribution in [-0.4, -0.2) is 0 Å². The Labute approximate surface area is 50.6 Å². The van der Waals surface area contributed by atoms with Crippen LogP contribution in [0.25, 0.3) is 0 Å². The van der Waals surface area contributed by atoms with Crippen LogP contribution < -0.4 is 0 Å². The van der Waals surface area contributed by atoms with Gasteiger partial charge in [-0.25, -0.2) is 0 Å². The normalized spacial score (nSPS) is 11.6. The van der Waals surface area contributed by atoms with Crippen LogP contribution in [0.5, 0.6) is 0 Å². The average molecular weight is 109 g/mol. The number of rotatable bonds is 1. The third kappa shape index (κ3) is 2.41. The van der Waals surface area contributed by atoms with Crippen molar-refractivity contribution in [2.24, 2.45) is 5.92 Å². The van der Waals surface area contributed by atoms with Crippen LogP contribution in [0.1, 0.15) is 20.8 Å². The maximum atomic E-state index is 8.16. The summed E-state index contributed by atoms with van der Waals surface area (Å²) in [6, 6.07) is 1.99. The fourth-order valence-corrected chi connectivity index (χ4v) is 0.268. The minimum absolute atomic E-state index is 0.509. The lowest BCUT2D eigenvalue weighted by molar-refractivity contribution is 0.770. The van der Waals surface area contributed by atoms with Crippen molar-refractivity contribution in [3.05, 3.63) is 11.6 Å². The molecule has 1 nitrogen and oxygen atoms in total. The van der Waals surface area contributed by atoms with Crippen molar-refractivity contribution in [3.63, 3.8) is 0 Å². The molecule has 0 rings (SSSR count). The van der Waals surface area contributed by atoms with E-state index >= 15 is 0 Å². The first kappa shape index (κ1) is 7.23. The van der Waals surface area contributed by atoms with Crippen LogP contribution in [0.2, 0.25) is 0 Å². The molecule has 1 heteroatoms. The lowest BCUT2D eigenvalue weighted by atomic mass is 10.1. The average Bonchev–Trinajstić information content (AvgIpc) is 1.67. The van der Waals surface area contributed by atoms with Gasteiger partial charge in [0.1, 0.15) is 0 Å². The smallest absolute Gasteiger partial charge is 0.0911 e. The first-order valence-electron chi connectivity index (χ1n) is 2.74. The van der Waals surface area contributed by atoms with Crippen LogP contribution in [-0.2, 0) is 0 Å². The molecule has 0 aliphatic carbocycles. The summed E-state index contributed by atoms with van der Waals surface area (Å²) in [6.07, 6.45) is 1.59. The van der Waals surface area contributed by atoms with E-state index in [1.165, 1.54) is 0 Å². The van der Waals surface area contributed by atoms with E-state index in [0.29, 0.717) is 5.92 Å². The fourth-order valence-electron chi connectivity index (χ4n) is 0.268. The van der Waals surface area contributed by atoms with Gasteiger partial charge in [-0.2, -0.15) is 5.26 Å². The summed E-state index contributed by atoms with van der Waals surface area (Å²) in [5.41, 5.74) is 1.15. The van der Waals surface area contributed by atoms with Crippen LogP contribution in [0.3, 0.4) is 0 Å². The number of nitrogens with zero attached hydrogens (tertiary/aromatic N) is 1. The molecule has 0 N–H and O–H groups in total. The van der Waals surface area contributed by atoms with E-state index in [0.717, 1.165) is 5.57 Å². The zero-order chi connectivity index (χ0) is 6.57. The van der Waals surface area contributed by atoms with Gasteiger partial charge in [0, 0.05) is 6.08 Å². The summed E-state index contributed by atoms with van der Waals surface area (Å²) in [5, 5.41) is 8.16. The maximum Gasteiger partial charge on any atom is 0.0911 e. The van der Waals surface area contributed by atoms with Crippen LogP contribution in [0, 0.1) is 17.2 Å². The molecule has 0 aromatic rings. The summed E-state index contributed by atoms with van der Waals surface area (Å²) in [4.78, 5) is 0. The first-order chi connectivity index (χ1) is 3.68. The Morgan fingerprint density at radius 3 is 2.25 bits per heavy atom. The Balaban J connectivity index is 3.85. The highest BCUT2D eigenvalue weighted by atomic mass is 14.2. The van der Waals surface area contributed by atoms with Gasteiger partial charge in [0.2, 0.25) is 0 Å². The largest absolute Gasteiger partial charge is 0.193 e. The topological polar surface area (TPSA) is 23.8 Å². The standard InChI is InChI=1S/C7H11N/c1-6(2)7(3)4-5-8/h4,6H,1-3H3/b7-4+. The second-order valence-corrected chi connectivity index (χ2v) is 2.17. The lowest BCUT2D eigenvalue weighted by Gasteiger charge is -1.99. The van der Waals surface area contributed by atoms with Gasteiger partial charge in [-0.05, 0) is 12.8 Å². The Kier molecular flexibility index (Phi) is 2.95. The van der Waals surface area contributed by atoms with Crippen molar-refractivity contribution >= 4 is 0 Å². The minimum atomic E-state index is 0.509. The highest BCUT2D eigenvalue weighted by Crippen LogP contribution is 2.05. The Morgan fingerprint density at radius 1 is 1.62 bits per heavy atom. The number of nitriles is 1. The molecule has 0 bridgehead atoms. The predicted octanol–water partition coefficient (Wildman–Crippen LogP) is 2.11. The molecule has 44 valence electrons. The van der Waals surface area contributed by atoms with Gasteiger partial charge in [-0.15, -0.1) is 0 Å². The summed E-state index contributed by atoms with van der Waals surface area (Å²) >= 11 is 0. The fraction of sp³-hybridized carbons (Fsp3) is 0.571. The van der Waals surface area contributed by atoms with Crippen molar-refractivity contribution in [1.29, 1.82) is 5.26 Å². The Bertz CT molecular complexity index is 126. The van der Waals surface area contributed by atoms with E-state index in [4.69, 9.17) is 5.26 Å². The lowest BCUT2D eigenvalue weighted by Crippen LogP contribution is -1.86. The zero-order valence-corrected chi connectivity index (χ0v) is 5.60. The molecule has 8 heavy (non-hydrogen) atoms. The quantitative estimate of drug-likeness (QED) is 0.473. The molecule has 0 fully saturated rings. The highest BCUT2D eigenvalue weighted by Gasteiger charge is 1.92. The summed E-state index contributed by atoms with van der Waals surface area (Å²) in [6.45, 7) is 6.11. The highest BCUT2D eigenvalue weighted by molar-refractivity contribution is 5.12. The predicted molar refractivity (Wildman–Crippen MR) is 34.2 cm³/mol. The van der Waals surface area contributed by atoms with Gasteiger partial charge in [0.25, 0.3) is 0 Å². The molecular formula is C7H11N. The van der Waals surface area contributed by atoms with E-state index in [9.17, 15) is 0 Å². The van der Waals surface area contributed by atoms with Crippen molar-refractivity contribution in [1.82, 2.24) is 0 Å². The third-order valence-electron chi connectivity index (χ3n) is 1.20. The molecule has 0 spiro atoms. The number of hydrogen-bond acceptors (Lipinski definition) is 1. The number of allylic oxidation sites excluding steroid dienone is 2. The van der Waals surface area contributed by atoms with Gasteiger partial charge in [0.05, 0.1) is 6.07 Å². The van der Waals surface area contributed by atoms with Gasteiger partial charge < -0.3 is 0 Å². The molecule has 0 aromatic heterocycles. The molecule has 0 radical (unpaired) electrons. The molecule has 0 aliphatic heterocycles. The van der Waals surface area contributed by atoms with E-state index in [2.05, 4.69) is 13.8 Å². The first-order valence-corrected chi connectivity index (χ1v) is 2.74. The van der Waals surface area contributed by atoms with Crippen LogP contribution in [0.4, 0.5) is 0 Å². The van der Waals surface area contributed by atoms with E-state index < -0.39 is 0 Å². The van der Waals surface area contributed by atoms with E-state index in [1.54, 1.807) is 6.08 Å². The molecule has 0 unspecified atom stereocenters. The van der Waals surface area contributed by atoms with Gasteiger partial charge in [0.15, 0.2) is 0 Å². The van der Waals surface area contributed by atoms with Gasteiger partial charge >= 0.3 is 0 Å². The van der Waals surface area contributed by atoms with Crippen molar-refractivity contribution in [3.8, 4) is 6.07 Å². The molecule has 0 aromatic carbocycles. The maximum absolute atomic E-state index is 8.16. The zero-order valence-electron chi connectivity index (χ0n) is 5.60. The Morgan fingerprint density at radius 2 is 2.12 bits per heavy atom. The summed E-state index contributed by atoms with van der Waals surface area (Å²) in [7, 11) is 0. The molecule has 0 heterocycles. The second kappa shape index (κ2) is 3.26. The molecule has 0 saturated carbocycles. The Hall–Kier alpha value is -0.770. The minimum Gasteiger partial charge on any atom is -0.193 e. The molecule has 0 saturated heterocycles. The third-order valence-corrected chi connectivity index (χ3v) is 1.20. The molecule has 0 atom stereocenters. The van der Waals surface area contributed by atoms with E-state index in [1.807, 2.05) is 13.0 Å². The summed E-state index contributed by atoms with van der Waals surface area (Å²) in [5.74, 6) is 0.509. The molecule has 0 amide bonds. The van der Waals surface area contributed by atoms with E-state index in [-0.39, 0.29) is 0 Å².